The summed E-state index contributed by atoms with van der Waals surface area (Å²) < 4.78 is 5.57. The van der Waals surface area contributed by atoms with Crippen LogP contribution in [0.15, 0.2) is 24.3 Å². The van der Waals surface area contributed by atoms with Crippen LogP contribution in [0.1, 0.15) is 18.4 Å². The van der Waals surface area contributed by atoms with Crippen molar-refractivity contribution in [3.05, 3.63) is 29.8 Å². The number of rotatable bonds is 7. The van der Waals surface area contributed by atoms with E-state index >= 15 is 0 Å². The minimum absolute atomic E-state index is 0.0715. The number of likely N-dealkylation sites (N-methyl/N-ethyl adjacent to an activating group) is 1. The van der Waals surface area contributed by atoms with Crippen molar-refractivity contribution < 1.29 is 9.53 Å². The monoisotopic (exact) mass is 262 g/mol. The molecule has 4 heteroatoms. The van der Waals surface area contributed by atoms with Crippen LogP contribution in [-0.4, -0.2) is 43.6 Å². The van der Waals surface area contributed by atoms with Crippen LogP contribution in [0.2, 0.25) is 0 Å². The maximum atomic E-state index is 11.6. The summed E-state index contributed by atoms with van der Waals surface area (Å²) in [5, 5.41) is 2.88. The van der Waals surface area contributed by atoms with Crippen molar-refractivity contribution in [1.82, 2.24) is 10.2 Å². The van der Waals surface area contributed by atoms with E-state index in [1.165, 1.54) is 18.4 Å². The second-order valence-corrected chi connectivity index (χ2v) is 5.16. The van der Waals surface area contributed by atoms with Crippen molar-refractivity contribution in [3.63, 3.8) is 0 Å². The van der Waals surface area contributed by atoms with E-state index in [0.717, 1.165) is 5.75 Å². The molecule has 1 saturated carbocycles. The molecule has 0 unspecified atom stereocenters. The van der Waals surface area contributed by atoms with Crippen LogP contribution in [0.25, 0.3) is 0 Å². The second kappa shape index (κ2) is 6.57. The molecule has 1 fully saturated rings. The summed E-state index contributed by atoms with van der Waals surface area (Å²) >= 11 is 0. The van der Waals surface area contributed by atoms with Crippen molar-refractivity contribution in [1.29, 1.82) is 0 Å². The Morgan fingerprint density at radius 1 is 1.47 bits per heavy atom. The number of hydrogen-bond donors (Lipinski definition) is 1. The maximum absolute atomic E-state index is 11.6. The Kier molecular flexibility index (Phi) is 4.80. The average Bonchev–Trinajstić information content (AvgIpc) is 3.19. The number of amides is 1. The number of nitrogens with zero attached hydrogens (tertiary/aromatic N) is 1. The first-order valence-electron chi connectivity index (χ1n) is 6.81. The highest BCUT2D eigenvalue weighted by Gasteiger charge is 2.26. The molecule has 1 aliphatic carbocycles. The lowest BCUT2D eigenvalue weighted by Crippen LogP contribution is -2.37. The molecule has 0 bridgehead atoms. The minimum atomic E-state index is 0.0715. The molecule has 0 heterocycles. The third kappa shape index (κ3) is 4.91. The number of nitrogens with one attached hydrogen (secondary N) is 1. The van der Waals surface area contributed by atoms with Gasteiger partial charge < -0.3 is 10.1 Å². The molecule has 0 radical (unpaired) electrons. The van der Waals surface area contributed by atoms with Gasteiger partial charge in [0.2, 0.25) is 5.91 Å². The van der Waals surface area contributed by atoms with Gasteiger partial charge >= 0.3 is 0 Å². The van der Waals surface area contributed by atoms with E-state index in [1.807, 2.05) is 38.2 Å². The van der Waals surface area contributed by atoms with Crippen LogP contribution in [0, 0.1) is 6.92 Å². The Morgan fingerprint density at radius 2 is 2.26 bits per heavy atom. The van der Waals surface area contributed by atoms with Gasteiger partial charge in [0, 0.05) is 6.04 Å². The fourth-order valence-corrected chi connectivity index (χ4v) is 1.99. The average molecular weight is 262 g/mol. The molecule has 19 heavy (non-hydrogen) atoms. The molecule has 1 aromatic carbocycles. The van der Waals surface area contributed by atoms with Gasteiger partial charge in [0.25, 0.3) is 0 Å². The molecule has 104 valence electrons. The van der Waals surface area contributed by atoms with Gasteiger partial charge in [-0.05, 0) is 44.5 Å². The van der Waals surface area contributed by atoms with E-state index in [-0.39, 0.29) is 5.91 Å². The predicted octanol–water partition coefficient (Wildman–Crippen LogP) is 1.58. The number of carbonyl (C=O) groups excluding carboxylic acids is 1. The largest absolute Gasteiger partial charge is 0.492 e. The zero-order valence-corrected chi connectivity index (χ0v) is 11.7. The molecule has 0 aromatic heterocycles. The maximum Gasteiger partial charge on any atom is 0.234 e. The molecule has 0 aliphatic heterocycles. The van der Waals surface area contributed by atoms with Crippen molar-refractivity contribution in [2.45, 2.75) is 25.8 Å². The Balaban J connectivity index is 1.59. The second-order valence-electron chi connectivity index (χ2n) is 5.16. The van der Waals surface area contributed by atoms with Crippen LogP contribution in [0.3, 0.4) is 0 Å². The number of hydrogen-bond acceptors (Lipinski definition) is 3. The number of benzene rings is 1. The van der Waals surface area contributed by atoms with Crippen molar-refractivity contribution in [2.75, 3.05) is 26.7 Å². The van der Waals surface area contributed by atoms with Gasteiger partial charge in [-0.2, -0.15) is 0 Å². The lowest BCUT2D eigenvalue weighted by molar-refractivity contribution is -0.122. The van der Waals surface area contributed by atoms with Gasteiger partial charge in [-0.1, -0.05) is 12.1 Å². The van der Waals surface area contributed by atoms with Gasteiger partial charge in [0.1, 0.15) is 12.4 Å². The normalized spacial score (nSPS) is 14.5. The molecular weight excluding hydrogens is 240 g/mol. The van der Waals surface area contributed by atoms with E-state index in [2.05, 4.69) is 10.2 Å². The molecule has 1 N–H and O–H groups in total. The molecule has 0 saturated heterocycles. The number of ether oxygens (including phenoxy) is 1. The van der Waals surface area contributed by atoms with Gasteiger partial charge in [-0.15, -0.1) is 0 Å². The lowest BCUT2D eigenvalue weighted by Gasteiger charge is -2.15. The summed E-state index contributed by atoms with van der Waals surface area (Å²) in [5.74, 6) is 0.923. The van der Waals surface area contributed by atoms with E-state index < -0.39 is 0 Å². The standard InChI is InChI=1S/C15H22N2O2/c1-12-4-3-5-14(10-12)19-9-8-16-15(18)11-17(2)13-6-7-13/h3-5,10,13H,6-9,11H2,1-2H3,(H,16,18). The summed E-state index contributed by atoms with van der Waals surface area (Å²) in [6.07, 6.45) is 2.44. The van der Waals surface area contributed by atoms with Crippen molar-refractivity contribution in [2.24, 2.45) is 0 Å². The molecule has 0 spiro atoms. The fourth-order valence-electron chi connectivity index (χ4n) is 1.99. The number of aryl methyl sites for hydroxylation is 1. The Bertz CT molecular complexity index is 430. The van der Waals surface area contributed by atoms with Gasteiger partial charge in [0.05, 0.1) is 13.1 Å². The summed E-state index contributed by atoms with van der Waals surface area (Å²) in [6.45, 7) is 3.56. The highest BCUT2D eigenvalue weighted by Crippen LogP contribution is 2.24. The third-order valence-corrected chi connectivity index (χ3v) is 3.25. The molecule has 4 nitrogen and oxygen atoms in total. The molecular formula is C15H22N2O2. The van der Waals surface area contributed by atoms with Crippen LogP contribution in [-0.2, 0) is 4.79 Å². The van der Waals surface area contributed by atoms with Crippen molar-refractivity contribution in [3.8, 4) is 5.75 Å². The zero-order chi connectivity index (χ0) is 13.7. The molecule has 1 aliphatic rings. The van der Waals surface area contributed by atoms with Crippen LogP contribution >= 0.6 is 0 Å². The quantitative estimate of drug-likeness (QED) is 0.759. The van der Waals surface area contributed by atoms with Gasteiger partial charge in [-0.25, -0.2) is 0 Å². The first kappa shape index (κ1) is 13.9. The van der Waals surface area contributed by atoms with Gasteiger partial charge in [0.15, 0.2) is 0 Å². The predicted molar refractivity (Wildman–Crippen MR) is 75.3 cm³/mol. The first-order valence-corrected chi connectivity index (χ1v) is 6.81. The molecule has 1 amide bonds. The Labute approximate surface area is 114 Å². The third-order valence-electron chi connectivity index (χ3n) is 3.25. The SMILES string of the molecule is Cc1cccc(OCCNC(=O)CN(C)C2CC2)c1. The van der Waals surface area contributed by atoms with Crippen molar-refractivity contribution >= 4 is 5.91 Å². The topological polar surface area (TPSA) is 41.6 Å². The first-order chi connectivity index (χ1) is 9.15. The summed E-state index contributed by atoms with van der Waals surface area (Å²) in [5.41, 5.74) is 1.17. The Morgan fingerprint density at radius 3 is 2.95 bits per heavy atom. The van der Waals surface area contributed by atoms with E-state index in [9.17, 15) is 4.79 Å². The smallest absolute Gasteiger partial charge is 0.234 e. The highest BCUT2D eigenvalue weighted by atomic mass is 16.5. The summed E-state index contributed by atoms with van der Waals surface area (Å²) in [7, 11) is 2.00. The van der Waals surface area contributed by atoms with Crippen LogP contribution < -0.4 is 10.1 Å². The van der Waals surface area contributed by atoms with E-state index in [1.54, 1.807) is 0 Å². The number of carbonyl (C=O) groups is 1. The minimum Gasteiger partial charge on any atom is -0.492 e. The molecule has 2 rings (SSSR count). The fraction of sp³-hybridized carbons (Fsp3) is 0.533. The molecule has 0 atom stereocenters. The Hall–Kier alpha value is -1.55. The molecule has 1 aromatic rings. The van der Waals surface area contributed by atoms with E-state index in [0.29, 0.717) is 25.7 Å². The van der Waals surface area contributed by atoms with Gasteiger partial charge in [-0.3, -0.25) is 9.69 Å². The summed E-state index contributed by atoms with van der Waals surface area (Å²) in [4.78, 5) is 13.8. The van der Waals surface area contributed by atoms with E-state index in [4.69, 9.17) is 4.74 Å². The lowest BCUT2D eigenvalue weighted by atomic mass is 10.2. The summed E-state index contributed by atoms with van der Waals surface area (Å²) in [6, 6.07) is 8.53. The zero-order valence-electron chi connectivity index (χ0n) is 11.7. The highest BCUT2D eigenvalue weighted by molar-refractivity contribution is 5.78. The van der Waals surface area contributed by atoms with Crippen LogP contribution in [0.5, 0.6) is 5.75 Å². The van der Waals surface area contributed by atoms with Crippen LogP contribution in [0.4, 0.5) is 0 Å².